The van der Waals surface area contributed by atoms with Crippen LogP contribution in [0.2, 0.25) is 0 Å². The van der Waals surface area contributed by atoms with E-state index in [1.54, 1.807) is 0 Å². The van der Waals surface area contributed by atoms with Crippen molar-refractivity contribution in [1.29, 1.82) is 0 Å². The Kier molecular flexibility index (Phi) is 8.26. The lowest BCUT2D eigenvalue weighted by Crippen LogP contribution is -2.37. The van der Waals surface area contributed by atoms with Crippen molar-refractivity contribution in [1.82, 2.24) is 4.90 Å². The van der Waals surface area contributed by atoms with Gasteiger partial charge in [0, 0.05) is 37.8 Å². The topological polar surface area (TPSA) is 35.9 Å². The zero-order chi connectivity index (χ0) is 27.4. The molecule has 1 atom stereocenters. The summed E-state index contributed by atoms with van der Waals surface area (Å²) in [5, 5.41) is 14.4. The number of fused-ring (bicyclic) bond motifs is 1. The van der Waals surface area contributed by atoms with Crippen LogP contribution >= 0.6 is 0 Å². The van der Waals surface area contributed by atoms with Crippen LogP contribution in [-0.4, -0.2) is 56.9 Å². The summed E-state index contributed by atoms with van der Waals surface area (Å²) in [4.78, 5) is 4.34. The number of aliphatic hydroxyl groups is 1. The maximum Gasteiger partial charge on any atom is 0.126 e. The Hall–Kier alpha value is -3.32. The molecule has 0 radical (unpaired) electrons. The summed E-state index contributed by atoms with van der Waals surface area (Å²) < 4.78 is 34.5. The summed E-state index contributed by atoms with van der Waals surface area (Å²) >= 11 is 0. The molecule has 4 aromatic carbocycles. The first kappa shape index (κ1) is 27.3. The molecule has 0 saturated carbocycles. The third-order valence-corrected chi connectivity index (χ3v) is 7.67. The molecule has 0 spiro atoms. The second-order valence-corrected chi connectivity index (χ2v) is 10.8. The molecule has 1 fully saturated rings. The average Bonchev–Trinajstić information content (AvgIpc) is 2.93. The van der Waals surface area contributed by atoms with Crippen LogP contribution in [0, 0.1) is 11.6 Å². The molecule has 1 aliphatic heterocycles. The van der Waals surface area contributed by atoms with E-state index in [4.69, 9.17) is 4.74 Å². The van der Waals surface area contributed by atoms with E-state index in [1.807, 2.05) is 49.3 Å². The van der Waals surface area contributed by atoms with Gasteiger partial charge in [0.05, 0.1) is 18.8 Å². The Bertz CT molecular complexity index is 1400. The van der Waals surface area contributed by atoms with Crippen molar-refractivity contribution in [2.45, 2.75) is 24.9 Å². The maximum atomic E-state index is 14.4. The Morgan fingerprint density at radius 2 is 1.54 bits per heavy atom. The third kappa shape index (κ3) is 6.30. The fourth-order valence-electron chi connectivity index (χ4n) is 5.59. The molecule has 39 heavy (non-hydrogen) atoms. The summed E-state index contributed by atoms with van der Waals surface area (Å²) in [6.07, 6.45) is 1.23. The normalized spacial score (nSPS) is 15.6. The van der Waals surface area contributed by atoms with Crippen molar-refractivity contribution in [3.63, 3.8) is 0 Å². The molecule has 204 valence electrons. The fourth-order valence-corrected chi connectivity index (χ4v) is 5.59. The van der Waals surface area contributed by atoms with Gasteiger partial charge in [0.15, 0.2) is 0 Å². The summed E-state index contributed by atoms with van der Waals surface area (Å²) in [7, 11) is 3.86. The molecule has 0 aliphatic carbocycles. The third-order valence-electron chi connectivity index (χ3n) is 7.67. The van der Waals surface area contributed by atoms with Gasteiger partial charge < -0.3 is 19.6 Å². The average molecular weight is 531 g/mol. The lowest BCUT2D eigenvalue weighted by molar-refractivity contribution is 0.0208. The first-order valence-corrected chi connectivity index (χ1v) is 13.6. The molecule has 5 rings (SSSR count). The highest BCUT2D eigenvalue weighted by atomic mass is 19.1. The number of hydrogen-bond donors (Lipinski definition) is 1. The second kappa shape index (κ2) is 11.8. The largest absolute Gasteiger partial charge is 0.385 e. The quantitative estimate of drug-likeness (QED) is 0.291. The first-order valence-electron chi connectivity index (χ1n) is 13.6. The van der Waals surface area contributed by atoms with Gasteiger partial charge in [-0.3, -0.25) is 0 Å². The smallest absolute Gasteiger partial charge is 0.126 e. The highest BCUT2D eigenvalue weighted by molar-refractivity contribution is 5.91. The molecule has 4 nitrogen and oxygen atoms in total. The lowest BCUT2D eigenvalue weighted by atomic mass is 9.80. The van der Waals surface area contributed by atoms with Crippen LogP contribution in [0.1, 0.15) is 28.7 Å². The van der Waals surface area contributed by atoms with Crippen molar-refractivity contribution in [2.75, 3.05) is 51.8 Å². The molecular formula is C33H36F2N2O2. The van der Waals surface area contributed by atoms with Crippen molar-refractivity contribution in [2.24, 2.45) is 0 Å². The molecule has 1 heterocycles. The molecule has 4 aromatic rings. The van der Waals surface area contributed by atoms with Crippen molar-refractivity contribution < 1.29 is 18.6 Å². The van der Waals surface area contributed by atoms with Gasteiger partial charge in [-0.25, -0.2) is 8.78 Å². The Morgan fingerprint density at radius 1 is 0.872 bits per heavy atom. The van der Waals surface area contributed by atoms with Gasteiger partial charge in [0.2, 0.25) is 0 Å². The Labute approximate surface area is 229 Å². The molecule has 0 aromatic heterocycles. The SMILES string of the molecule is CN(C)CCC(O)(Cc1c(Cc2ccccc2)c(N2CCOCC2)cc2ccccc12)c1cc(F)cc(F)c1. The second-order valence-electron chi connectivity index (χ2n) is 10.8. The van der Waals surface area contributed by atoms with E-state index in [9.17, 15) is 13.9 Å². The number of ether oxygens (including phenoxy) is 1. The van der Waals surface area contributed by atoms with Gasteiger partial charge in [0.1, 0.15) is 11.6 Å². The molecule has 1 saturated heterocycles. The van der Waals surface area contributed by atoms with Gasteiger partial charge in [-0.2, -0.15) is 0 Å². The minimum absolute atomic E-state index is 0.227. The maximum absolute atomic E-state index is 14.4. The van der Waals surface area contributed by atoms with E-state index in [1.165, 1.54) is 12.1 Å². The molecule has 0 bridgehead atoms. The molecule has 1 aliphatic rings. The van der Waals surface area contributed by atoms with E-state index < -0.39 is 17.2 Å². The van der Waals surface area contributed by atoms with Crippen LogP contribution in [0.4, 0.5) is 14.5 Å². The number of anilines is 1. The molecular weight excluding hydrogens is 494 g/mol. The lowest BCUT2D eigenvalue weighted by Gasteiger charge is -2.35. The van der Waals surface area contributed by atoms with Gasteiger partial charge in [-0.05, 0) is 78.2 Å². The van der Waals surface area contributed by atoms with Crippen LogP contribution < -0.4 is 4.90 Å². The predicted octanol–water partition coefficient (Wildman–Crippen LogP) is 5.93. The number of nitrogens with zero attached hydrogens (tertiary/aromatic N) is 2. The number of rotatable bonds is 9. The van der Waals surface area contributed by atoms with Gasteiger partial charge in [0.25, 0.3) is 0 Å². The summed E-state index contributed by atoms with van der Waals surface area (Å²) in [5.74, 6) is -1.38. The van der Waals surface area contributed by atoms with E-state index >= 15 is 0 Å². The van der Waals surface area contributed by atoms with Crippen LogP contribution in [0.3, 0.4) is 0 Å². The summed E-state index contributed by atoms with van der Waals surface area (Å²) in [6, 6.07) is 24.1. The zero-order valence-electron chi connectivity index (χ0n) is 22.7. The monoisotopic (exact) mass is 530 g/mol. The zero-order valence-corrected chi connectivity index (χ0v) is 22.7. The summed E-state index contributed by atoms with van der Waals surface area (Å²) in [5.41, 5.74) is 3.19. The predicted molar refractivity (Wildman–Crippen MR) is 153 cm³/mol. The molecule has 6 heteroatoms. The van der Waals surface area contributed by atoms with E-state index in [0.717, 1.165) is 52.3 Å². The summed E-state index contributed by atoms with van der Waals surface area (Å²) in [6.45, 7) is 3.42. The number of hydrogen-bond acceptors (Lipinski definition) is 4. The van der Waals surface area contributed by atoms with Gasteiger partial charge in [-0.1, -0.05) is 54.6 Å². The van der Waals surface area contributed by atoms with Crippen LogP contribution in [0.5, 0.6) is 0 Å². The molecule has 0 amide bonds. The standard InChI is InChI=1S/C33H36F2N2O2/c1-36(2)13-12-33(38,26-20-27(34)22-28(35)21-26)23-31-29-11-7-6-10-25(29)19-32(37-14-16-39-17-15-37)30(31)18-24-8-4-3-5-9-24/h3-11,19-22,38H,12-18,23H2,1-2H3. The fraction of sp³-hybridized carbons (Fsp3) is 0.333. The van der Waals surface area contributed by atoms with E-state index in [0.29, 0.717) is 32.6 Å². The van der Waals surface area contributed by atoms with Gasteiger partial charge in [-0.15, -0.1) is 0 Å². The van der Waals surface area contributed by atoms with Crippen LogP contribution in [-0.2, 0) is 23.2 Å². The first-order chi connectivity index (χ1) is 18.8. The molecule has 1 N–H and O–H groups in total. The number of benzene rings is 4. The molecule has 1 unspecified atom stereocenters. The number of halogens is 2. The minimum Gasteiger partial charge on any atom is -0.385 e. The Balaban J connectivity index is 1.72. The van der Waals surface area contributed by atoms with Crippen molar-refractivity contribution in [3.05, 3.63) is 113 Å². The van der Waals surface area contributed by atoms with Crippen molar-refractivity contribution >= 4 is 16.5 Å². The van der Waals surface area contributed by atoms with Crippen LogP contribution in [0.15, 0.2) is 78.9 Å². The van der Waals surface area contributed by atoms with Gasteiger partial charge >= 0.3 is 0 Å². The highest BCUT2D eigenvalue weighted by Crippen LogP contribution is 2.39. The minimum atomic E-state index is -1.48. The van der Waals surface area contributed by atoms with Crippen molar-refractivity contribution in [3.8, 4) is 0 Å². The van der Waals surface area contributed by atoms with E-state index in [2.05, 4.69) is 35.2 Å². The Morgan fingerprint density at radius 3 is 2.23 bits per heavy atom. The number of morpholine rings is 1. The van der Waals surface area contributed by atoms with E-state index in [-0.39, 0.29) is 12.0 Å². The van der Waals surface area contributed by atoms with Crippen LogP contribution in [0.25, 0.3) is 10.8 Å². The highest BCUT2D eigenvalue weighted by Gasteiger charge is 2.33.